The number of halogens is 1. The molecule has 0 amide bonds. The lowest BCUT2D eigenvalue weighted by Crippen LogP contribution is -2.45. The quantitative estimate of drug-likeness (QED) is 0.882. The zero-order valence-corrected chi connectivity index (χ0v) is 11.1. The zero-order chi connectivity index (χ0) is 12.4. The third kappa shape index (κ3) is 2.67. The Balaban J connectivity index is 2.15. The van der Waals surface area contributed by atoms with Crippen LogP contribution in [0.25, 0.3) is 0 Å². The van der Waals surface area contributed by atoms with E-state index in [0.717, 1.165) is 30.9 Å². The first-order valence-electron chi connectivity index (χ1n) is 5.96. The van der Waals surface area contributed by atoms with Crippen molar-refractivity contribution in [2.75, 3.05) is 25.1 Å². The molecule has 1 aromatic rings. The number of rotatable bonds is 2. The summed E-state index contributed by atoms with van der Waals surface area (Å²) in [5.41, 5.74) is 7.17. The normalized spacial score (nSPS) is 24.8. The highest BCUT2D eigenvalue weighted by molar-refractivity contribution is 6.32. The molecule has 4 heteroatoms. The Labute approximate surface area is 107 Å². The fraction of sp³-hybridized carbons (Fsp3) is 0.538. The molecule has 1 aromatic carbocycles. The molecule has 3 nitrogen and oxygen atoms in total. The van der Waals surface area contributed by atoms with Gasteiger partial charge in [-0.15, -0.1) is 0 Å². The highest BCUT2D eigenvalue weighted by Gasteiger charge is 2.23. The van der Waals surface area contributed by atoms with Gasteiger partial charge in [-0.1, -0.05) is 18.5 Å². The van der Waals surface area contributed by atoms with Crippen molar-refractivity contribution >= 4 is 17.3 Å². The molecule has 17 heavy (non-hydrogen) atoms. The van der Waals surface area contributed by atoms with Crippen LogP contribution in [0.4, 0.5) is 5.69 Å². The van der Waals surface area contributed by atoms with E-state index < -0.39 is 0 Å². The van der Waals surface area contributed by atoms with Crippen LogP contribution in [-0.2, 0) is 0 Å². The number of hydrogen-bond donors (Lipinski definition) is 1. The third-order valence-electron chi connectivity index (χ3n) is 3.47. The number of methoxy groups -OCH3 is 1. The molecule has 1 saturated heterocycles. The van der Waals surface area contributed by atoms with Gasteiger partial charge >= 0.3 is 0 Å². The van der Waals surface area contributed by atoms with Gasteiger partial charge in [-0.2, -0.15) is 0 Å². The highest BCUT2D eigenvalue weighted by Crippen LogP contribution is 2.31. The van der Waals surface area contributed by atoms with Crippen molar-refractivity contribution in [1.29, 1.82) is 0 Å². The largest absolute Gasteiger partial charge is 0.495 e. The van der Waals surface area contributed by atoms with Crippen molar-refractivity contribution in [3.63, 3.8) is 0 Å². The Morgan fingerprint density at radius 2 is 2.24 bits per heavy atom. The molecule has 2 rings (SSSR count). The van der Waals surface area contributed by atoms with Crippen LogP contribution in [0.3, 0.4) is 0 Å². The van der Waals surface area contributed by atoms with Crippen LogP contribution in [0.1, 0.15) is 13.3 Å². The fourth-order valence-corrected chi connectivity index (χ4v) is 2.50. The lowest BCUT2D eigenvalue weighted by molar-refractivity contribution is 0.382. The molecule has 0 aliphatic carbocycles. The van der Waals surface area contributed by atoms with Gasteiger partial charge < -0.3 is 15.4 Å². The monoisotopic (exact) mass is 254 g/mol. The van der Waals surface area contributed by atoms with Gasteiger partial charge in [-0.3, -0.25) is 0 Å². The van der Waals surface area contributed by atoms with E-state index in [1.165, 1.54) is 0 Å². The summed E-state index contributed by atoms with van der Waals surface area (Å²) in [5, 5.41) is 0.660. The first-order valence-corrected chi connectivity index (χ1v) is 6.33. The first-order chi connectivity index (χ1) is 8.11. The zero-order valence-electron chi connectivity index (χ0n) is 10.3. The number of benzene rings is 1. The second-order valence-electron chi connectivity index (χ2n) is 4.69. The Morgan fingerprint density at radius 1 is 1.47 bits per heavy atom. The predicted molar refractivity (Wildman–Crippen MR) is 72.0 cm³/mol. The van der Waals surface area contributed by atoms with Crippen LogP contribution in [0.5, 0.6) is 5.75 Å². The molecule has 94 valence electrons. The van der Waals surface area contributed by atoms with Crippen molar-refractivity contribution in [1.82, 2.24) is 0 Å². The SMILES string of the molecule is COc1ccc(N2CCC(N)C(C)C2)cc1Cl. The molecule has 0 aromatic heterocycles. The second-order valence-corrected chi connectivity index (χ2v) is 5.10. The maximum atomic E-state index is 6.14. The maximum Gasteiger partial charge on any atom is 0.137 e. The number of piperidine rings is 1. The summed E-state index contributed by atoms with van der Waals surface area (Å²) in [5.74, 6) is 1.24. The second kappa shape index (κ2) is 5.15. The molecule has 0 bridgehead atoms. The first kappa shape index (κ1) is 12.5. The maximum absolute atomic E-state index is 6.14. The van der Waals surface area contributed by atoms with Crippen LogP contribution < -0.4 is 15.4 Å². The minimum atomic E-state index is 0.319. The minimum absolute atomic E-state index is 0.319. The molecule has 1 fully saturated rings. The van der Waals surface area contributed by atoms with Gasteiger partial charge in [-0.05, 0) is 30.5 Å². The van der Waals surface area contributed by atoms with E-state index in [9.17, 15) is 0 Å². The van der Waals surface area contributed by atoms with Crippen molar-refractivity contribution in [2.24, 2.45) is 11.7 Å². The van der Waals surface area contributed by atoms with E-state index in [1.807, 2.05) is 18.2 Å². The van der Waals surface area contributed by atoms with Crippen molar-refractivity contribution in [3.05, 3.63) is 23.2 Å². The van der Waals surface area contributed by atoms with Gasteiger partial charge in [0, 0.05) is 24.8 Å². The molecule has 0 spiro atoms. The molecule has 1 heterocycles. The van der Waals surface area contributed by atoms with Gasteiger partial charge in [0.2, 0.25) is 0 Å². The third-order valence-corrected chi connectivity index (χ3v) is 3.77. The number of nitrogens with two attached hydrogens (primary N) is 1. The summed E-state index contributed by atoms with van der Waals surface area (Å²) in [7, 11) is 1.63. The lowest BCUT2D eigenvalue weighted by atomic mass is 9.94. The summed E-state index contributed by atoms with van der Waals surface area (Å²) in [6.45, 7) is 4.18. The molecule has 0 radical (unpaired) electrons. The number of hydrogen-bond acceptors (Lipinski definition) is 3. The minimum Gasteiger partial charge on any atom is -0.495 e. The summed E-state index contributed by atoms with van der Waals surface area (Å²) in [6, 6.07) is 6.25. The Bertz CT molecular complexity index is 397. The van der Waals surface area contributed by atoms with E-state index >= 15 is 0 Å². The lowest BCUT2D eigenvalue weighted by Gasteiger charge is -2.36. The van der Waals surface area contributed by atoms with Crippen LogP contribution in [0.2, 0.25) is 5.02 Å². The average Bonchev–Trinajstić information content (AvgIpc) is 2.32. The van der Waals surface area contributed by atoms with Crippen LogP contribution in [0, 0.1) is 5.92 Å². The average molecular weight is 255 g/mol. The highest BCUT2D eigenvalue weighted by atomic mass is 35.5. The van der Waals surface area contributed by atoms with Gasteiger partial charge in [0.05, 0.1) is 12.1 Å². The van der Waals surface area contributed by atoms with Crippen LogP contribution >= 0.6 is 11.6 Å². The molecule has 0 saturated carbocycles. The molecule has 1 aliphatic rings. The van der Waals surface area contributed by atoms with E-state index in [0.29, 0.717) is 17.0 Å². The van der Waals surface area contributed by atoms with Gasteiger partial charge in [-0.25, -0.2) is 0 Å². The van der Waals surface area contributed by atoms with E-state index in [-0.39, 0.29) is 0 Å². The smallest absolute Gasteiger partial charge is 0.137 e. The van der Waals surface area contributed by atoms with Crippen molar-refractivity contribution in [3.8, 4) is 5.75 Å². The molecule has 1 aliphatic heterocycles. The summed E-state index contributed by atoms with van der Waals surface area (Å²) >= 11 is 6.14. The van der Waals surface area contributed by atoms with Crippen molar-refractivity contribution < 1.29 is 4.74 Å². The van der Waals surface area contributed by atoms with Gasteiger partial charge in [0.25, 0.3) is 0 Å². The van der Waals surface area contributed by atoms with Gasteiger partial charge in [0.15, 0.2) is 0 Å². The number of anilines is 1. The molecule has 2 N–H and O–H groups in total. The van der Waals surface area contributed by atoms with E-state index in [1.54, 1.807) is 7.11 Å². The summed E-state index contributed by atoms with van der Waals surface area (Å²) in [6.07, 6.45) is 1.03. The standard InChI is InChI=1S/C13H19ClN2O/c1-9-8-16(6-5-12(9)15)10-3-4-13(17-2)11(14)7-10/h3-4,7,9,12H,5-6,8,15H2,1-2H3. The molecular formula is C13H19ClN2O. The molecule has 2 unspecified atom stereocenters. The van der Waals surface area contributed by atoms with Crippen LogP contribution in [0.15, 0.2) is 18.2 Å². The number of ether oxygens (including phenoxy) is 1. The van der Waals surface area contributed by atoms with Crippen molar-refractivity contribution in [2.45, 2.75) is 19.4 Å². The van der Waals surface area contributed by atoms with Gasteiger partial charge in [0.1, 0.15) is 5.75 Å². The molecule has 2 atom stereocenters. The summed E-state index contributed by atoms with van der Waals surface area (Å²) < 4.78 is 5.16. The Hall–Kier alpha value is -0.930. The number of nitrogens with zero attached hydrogens (tertiary/aromatic N) is 1. The Kier molecular flexibility index (Phi) is 3.79. The fourth-order valence-electron chi connectivity index (χ4n) is 2.25. The Morgan fingerprint density at radius 3 is 2.82 bits per heavy atom. The topological polar surface area (TPSA) is 38.5 Å². The van der Waals surface area contributed by atoms with Crippen LogP contribution in [-0.4, -0.2) is 26.2 Å². The predicted octanol–water partition coefficient (Wildman–Crippen LogP) is 2.52. The molecular weight excluding hydrogens is 236 g/mol. The van der Waals surface area contributed by atoms with E-state index in [4.69, 9.17) is 22.1 Å². The summed E-state index contributed by atoms with van der Waals surface area (Å²) in [4.78, 5) is 2.33. The van der Waals surface area contributed by atoms with E-state index in [2.05, 4.69) is 11.8 Å².